The van der Waals surface area contributed by atoms with Crippen LogP contribution < -0.4 is 21.4 Å². The zero-order valence-electron chi connectivity index (χ0n) is 19.6. The van der Waals surface area contributed by atoms with Crippen molar-refractivity contribution >= 4 is 36.1 Å². The summed E-state index contributed by atoms with van der Waals surface area (Å²) < 4.78 is 2.00. The van der Waals surface area contributed by atoms with E-state index in [1.165, 1.54) is 0 Å². The maximum atomic E-state index is 10.9. The topological polar surface area (TPSA) is 164 Å². The fraction of sp³-hybridized carbons (Fsp3) is 0.417. The van der Waals surface area contributed by atoms with Gasteiger partial charge in [0.2, 0.25) is 5.96 Å². The molecule has 3 aliphatic carbocycles. The molecule has 37 heavy (non-hydrogen) atoms. The number of nitrogens with zero attached hydrogens (tertiary/aromatic N) is 6. The number of nitrogens with one attached hydrogen (secondary N) is 4. The molecule has 12 nitrogen and oxygen atoms in total. The fourth-order valence-corrected chi connectivity index (χ4v) is 5.49. The van der Waals surface area contributed by atoms with Crippen LogP contribution in [-0.4, -0.2) is 68.7 Å². The van der Waals surface area contributed by atoms with Gasteiger partial charge in [0.1, 0.15) is 5.38 Å². The van der Waals surface area contributed by atoms with Crippen molar-refractivity contribution in [3.63, 3.8) is 0 Å². The second-order valence-corrected chi connectivity index (χ2v) is 10.2. The molecule has 4 unspecified atom stereocenters. The number of guanidine groups is 1. The Hall–Kier alpha value is -4.29. The molecule has 0 aromatic rings. The summed E-state index contributed by atoms with van der Waals surface area (Å²) in [4.78, 5) is 20.2. The standard InChI is InChI=1S/C24H23ClN10O2/c25-20-18(31-23-32-21(29-15-1-2-15)22-28-9-17(8-27)35(22)33-23)3-12(7-26)4-19(20)34-10-13-5-16(30-24(36)37)6-14(13)11-34/h5-6,9-12,15,17-20,29-30H,1-4H2,(H2-,31,32,33,36,37)/p+1/t12-,17?,18?,19?,20?/m1/s1. The molecule has 0 bridgehead atoms. The van der Waals surface area contributed by atoms with Gasteiger partial charge in [0.25, 0.3) is 0 Å². The van der Waals surface area contributed by atoms with Gasteiger partial charge in [0.15, 0.2) is 36.1 Å². The Kier molecular flexibility index (Phi) is 5.61. The zero-order valence-corrected chi connectivity index (χ0v) is 20.4. The van der Waals surface area contributed by atoms with Gasteiger partial charge >= 0.3 is 6.09 Å². The van der Waals surface area contributed by atoms with Gasteiger partial charge in [0, 0.05) is 24.4 Å². The summed E-state index contributed by atoms with van der Waals surface area (Å²) in [7, 11) is 0. The quantitative estimate of drug-likeness (QED) is 0.265. The molecule has 0 aromatic heterocycles. The van der Waals surface area contributed by atoms with Gasteiger partial charge in [-0.15, -0.1) is 11.6 Å². The van der Waals surface area contributed by atoms with Crippen molar-refractivity contribution < 1.29 is 14.5 Å². The summed E-state index contributed by atoms with van der Waals surface area (Å²) >= 11 is 7.02. The number of rotatable bonds is 5. The number of carbonyl (C=O) groups is 1. The second-order valence-electron chi connectivity index (χ2n) is 9.72. The van der Waals surface area contributed by atoms with Crippen LogP contribution in [0.25, 0.3) is 0 Å². The van der Waals surface area contributed by atoms with Crippen LogP contribution in [0.15, 0.2) is 56.8 Å². The lowest BCUT2D eigenvalue weighted by atomic mass is 9.82. The number of hydrogen-bond donors (Lipinski definition) is 5. The molecule has 2 saturated carbocycles. The predicted octanol–water partition coefficient (Wildman–Crippen LogP) is 0.958. The van der Waals surface area contributed by atoms with Crippen LogP contribution in [0, 0.1) is 28.6 Å². The molecule has 5 N–H and O–H groups in total. The molecule has 0 spiro atoms. The Morgan fingerprint density at radius 3 is 2.81 bits per heavy atom. The zero-order chi connectivity index (χ0) is 25.7. The minimum absolute atomic E-state index is 0.182. The molecule has 1 amide bonds. The summed E-state index contributed by atoms with van der Waals surface area (Å²) in [6, 6.07) is 3.86. The predicted molar refractivity (Wildman–Crippen MR) is 134 cm³/mol. The largest absolute Gasteiger partial charge is 0.465 e. The Morgan fingerprint density at radius 2 is 2.11 bits per heavy atom. The smallest absolute Gasteiger partial charge is 0.409 e. The monoisotopic (exact) mass is 519 g/mol. The summed E-state index contributed by atoms with van der Waals surface area (Å²) in [6.07, 6.45) is 11.1. The number of fused-ring (bicyclic) bond motifs is 2. The molecule has 5 atom stereocenters. The van der Waals surface area contributed by atoms with Crippen molar-refractivity contribution in [1.29, 1.82) is 10.5 Å². The van der Waals surface area contributed by atoms with E-state index in [0.29, 0.717) is 42.2 Å². The second kappa shape index (κ2) is 8.98. The summed E-state index contributed by atoms with van der Waals surface area (Å²) in [6.45, 7) is 0. The third-order valence-corrected chi connectivity index (χ3v) is 7.61. The lowest BCUT2D eigenvalue weighted by Gasteiger charge is -2.35. The molecule has 6 aliphatic rings. The Bertz CT molecular complexity index is 1360. The molecule has 6 rings (SSSR count). The van der Waals surface area contributed by atoms with Crippen LogP contribution >= 0.6 is 11.6 Å². The SMILES string of the molecule is N#CC1C=NC2=C(NC3CC3)NC(=NC3C[C@@H](C#N)CC([N+]4=CC5=CC(NC(=O)O)=CC5=C4)C3Cl)NN21. The van der Waals surface area contributed by atoms with Gasteiger partial charge in [-0.3, -0.25) is 10.7 Å². The number of hydrogen-bond acceptors (Lipinski definition) is 7. The van der Waals surface area contributed by atoms with Gasteiger partial charge in [-0.2, -0.15) is 15.1 Å². The van der Waals surface area contributed by atoms with Crippen LogP contribution in [0.2, 0.25) is 0 Å². The number of alkyl halides is 1. The number of halogens is 1. The van der Waals surface area contributed by atoms with E-state index < -0.39 is 17.5 Å². The number of amides is 1. The third kappa shape index (κ3) is 4.41. The summed E-state index contributed by atoms with van der Waals surface area (Å²) in [5, 5.41) is 38.6. The number of nitriles is 2. The van der Waals surface area contributed by atoms with E-state index in [2.05, 4.69) is 38.5 Å². The average molecular weight is 520 g/mol. The number of aliphatic imine (C=N–C) groups is 2. The van der Waals surface area contributed by atoms with E-state index in [-0.39, 0.29) is 18.0 Å². The van der Waals surface area contributed by atoms with E-state index in [9.17, 15) is 15.3 Å². The molecule has 0 saturated heterocycles. The highest BCUT2D eigenvalue weighted by Gasteiger charge is 2.45. The highest BCUT2D eigenvalue weighted by Crippen LogP contribution is 2.35. The third-order valence-electron chi connectivity index (χ3n) is 7.03. The highest BCUT2D eigenvalue weighted by atomic mass is 35.5. The first-order chi connectivity index (χ1) is 17.9. The molecule has 13 heteroatoms. The number of allylic oxidation sites excluding steroid dienone is 4. The number of carboxylic acid groups (broad SMARTS) is 1. The van der Waals surface area contributed by atoms with Crippen LogP contribution in [0.1, 0.15) is 25.7 Å². The van der Waals surface area contributed by atoms with E-state index >= 15 is 0 Å². The van der Waals surface area contributed by atoms with Crippen LogP contribution in [0.3, 0.4) is 0 Å². The fourth-order valence-electron chi connectivity index (χ4n) is 5.10. The molecule has 2 fully saturated rings. The molecule has 3 aliphatic heterocycles. The Labute approximate surface area is 217 Å². The first-order valence-corrected chi connectivity index (χ1v) is 12.5. The maximum Gasteiger partial charge on any atom is 0.409 e. The molecule has 0 aromatic carbocycles. The number of hydrazine groups is 1. The first kappa shape index (κ1) is 23.1. The van der Waals surface area contributed by atoms with Crippen molar-refractivity contribution in [2.45, 2.75) is 55.2 Å². The average Bonchev–Trinajstić information content (AvgIpc) is 3.27. The van der Waals surface area contributed by atoms with E-state index in [0.717, 1.165) is 24.0 Å². The Balaban J connectivity index is 1.24. The van der Waals surface area contributed by atoms with Crippen LogP contribution in [0.4, 0.5) is 4.79 Å². The Morgan fingerprint density at radius 1 is 1.27 bits per heavy atom. The molecular weight excluding hydrogens is 496 g/mol. The molecule has 0 radical (unpaired) electrons. The van der Waals surface area contributed by atoms with Gasteiger partial charge in [-0.05, 0) is 31.4 Å². The minimum atomic E-state index is -1.11. The van der Waals surface area contributed by atoms with Gasteiger partial charge in [-0.25, -0.2) is 19.8 Å². The first-order valence-electron chi connectivity index (χ1n) is 12.1. The molecular formula is C24H24ClN10O2+. The lowest BCUT2D eigenvalue weighted by Crippen LogP contribution is -2.57. The van der Waals surface area contributed by atoms with Gasteiger partial charge in [0.05, 0.1) is 35.2 Å². The summed E-state index contributed by atoms with van der Waals surface area (Å²) in [5.74, 6) is 1.51. The van der Waals surface area contributed by atoms with E-state index in [1.807, 2.05) is 17.0 Å². The van der Waals surface area contributed by atoms with Crippen molar-refractivity contribution in [3.8, 4) is 12.1 Å². The van der Waals surface area contributed by atoms with E-state index in [1.54, 1.807) is 23.4 Å². The normalized spacial score (nSPS) is 32.7. The van der Waals surface area contributed by atoms with Crippen LogP contribution in [0.5, 0.6) is 0 Å². The van der Waals surface area contributed by atoms with Crippen molar-refractivity contribution in [1.82, 2.24) is 26.4 Å². The highest BCUT2D eigenvalue weighted by molar-refractivity contribution is 6.21. The van der Waals surface area contributed by atoms with Crippen molar-refractivity contribution in [2.75, 3.05) is 0 Å². The van der Waals surface area contributed by atoms with Gasteiger partial charge in [-0.1, -0.05) is 0 Å². The van der Waals surface area contributed by atoms with Crippen molar-refractivity contribution in [2.24, 2.45) is 15.9 Å². The van der Waals surface area contributed by atoms with Gasteiger partial charge < -0.3 is 15.7 Å². The minimum Gasteiger partial charge on any atom is -0.465 e. The van der Waals surface area contributed by atoms with Crippen molar-refractivity contribution in [3.05, 3.63) is 46.8 Å². The maximum absolute atomic E-state index is 10.9. The van der Waals surface area contributed by atoms with Crippen LogP contribution in [-0.2, 0) is 0 Å². The molecule has 188 valence electrons. The summed E-state index contributed by atoms with van der Waals surface area (Å²) in [5.41, 5.74) is 5.44. The molecule has 3 heterocycles. The van der Waals surface area contributed by atoms with E-state index in [4.69, 9.17) is 21.7 Å². The lowest BCUT2D eigenvalue weighted by molar-refractivity contribution is -0.498.